The first-order valence-electron chi connectivity index (χ1n) is 6.49. The molecule has 12 heteroatoms. The third kappa shape index (κ3) is 1.85. The van der Waals surface area contributed by atoms with Gasteiger partial charge in [0.25, 0.3) is 5.91 Å². The molecule has 0 saturated carbocycles. The van der Waals surface area contributed by atoms with Crippen molar-refractivity contribution in [2.45, 2.75) is 24.5 Å². The van der Waals surface area contributed by atoms with Crippen LogP contribution in [0.3, 0.4) is 0 Å². The zero-order chi connectivity index (χ0) is 15.4. The number of hydrogen-bond donors (Lipinski definition) is 4. The summed E-state index contributed by atoms with van der Waals surface area (Å²) in [5, 5.41) is 14.7. The van der Waals surface area contributed by atoms with Crippen LogP contribution in [0.2, 0.25) is 0 Å². The Kier molecular flexibility index (Phi) is 3.09. The van der Waals surface area contributed by atoms with E-state index >= 15 is 0 Å². The molecule has 0 bridgehead atoms. The second kappa shape index (κ2) is 4.89. The van der Waals surface area contributed by atoms with Crippen molar-refractivity contribution in [1.29, 1.82) is 0 Å². The highest BCUT2D eigenvalue weighted by molar-refractivity contribution is 7.75. The minimum Gasteiger partial charge on any atom is -0.394 e. The molecule has 3 aliphatic rings. The number of aliphatic hydroxyl groups excluding tert-OH is 1. The summed E-state index contributed by atoms with van der Waals surface area (Å²) in [7, 11) is 0. The Balaban J connectivity index is 1.78. The van der Waals surface area contributed by atoms with E-state index in [0.29, 0.717) is 0 Å². The summed E-state index contributed by atoms with van der Waals surface area (Å²) in [6, 6.07) is 0. The molecule has 4 heterocycles. The lowest BCUT2D eigenvalue weighted by molar-refractivity contribution is -0.0546. The number of aromatic nitrogens is 2. The highest BCUT2D eigenvalue weighted by atomic mass is 32.2. The number of aliphatic hydroxyl groups is 1. The fraction of sp³-hybridized carbons (Fsp3) is 0.600. The van der Waals surface area contributed by atoms with Gasteiger partial charge in [-0.15, -0.1) is 0 Å². The monoisotopic (exact) mass is 332 g/mol. The largest absolute Gasteiger partial charge is 0.394 e. The maximum absolute atomic E-state index is 12.2. The SMILES string of the molecule is O=C1NCNc2c1[nH]c(=O)n2[C@@H]1O[C@H](CO)[C@H]2OS(=O)O[C@H]21. The zero-order valence-electron chi connectivity index (χ0n) is 11.0. The smallest absolute Gasteiger partial charge is 0.330 e. The second-order valence-corrected chi connectivity index (χ2v) is 5.75. The number of carbonyl (C=O) groups is 1. The number of amides is 1. The molecule has 0 aliphatic carbocycles. The number of aromatic amines is 1. The van der Waals surface area contributed by atoms with Gasteiger partial charge in [0.05, 0.1) is 13.3 Å². The quantitative estimate of drug-likeness (QED) is 0.467. The molecule has 0 spiro atoms. The van der Waals surface area contributed by atoms with Gasteiger partial charge in [0, 0.05) is 0 Å². The Hall–Kier alpha value is -1.73. The minimum absolute atomic E-state index is 0.0730. The van der Waals surface area contributed by atoms with Crippen molar-refractivity contribution in [1.82, 2.24) is 14.9 Å². The van der Waals surface area contributed by atoms with Crippen LogP contribution in [0.15, 0.2) is 4.79 Å². The van der Waals surface area contributed by atoms with Gasteiger partial charge in [0.2, 0.25) is 0 Å². The molecule has 22 heavy (non-hydrogen) atoms. The Morgan fingerprint density at radius 3 is 2.82 bits per heavy atom. The third-order valence-corrected chi connectivity index (χ3v) is 4.52. The standard InChI is InChI=1S/C10H12N4O7S/c15-1-3-5-6(21-22(18)20-5)9(19-3)14-7-4(13-10(14)17)8(16)12-2-11-7/h3,5-6,9,11,15H,1-2H2,(H,12,16)(H,13,17)/t3-,5-,6-,9-,22?/m1/s1. The topological polar surface area (TPSA) is 144 Å². The number of rotatable bonds is 2. The van der Waals surface area contributed by atoms with Crippen LogP contribution in [0, 0.1) is 0 Å². The molecule has 3 aliphatic heterocycles. The summed E-state index contributed by atoms with van der Waals surface area (Å²) in [4.78, 5) is 26.4. The molecule has 0 radical (unpaired) electrons. The van der Waals surface area contributed by atoms with Gasteiger partial charge in [-0.1, -0.05) is 0 Å². The number of H-pyrrole nitrogens is 1. The van der Waals surface area contributed by atoms with E-state index in [1.54, 1.807) is 0 Å². The molecule has 120 valence electrons. The maximum Gasteiger partial charge on any atom is 0.330 e. The molecular weight excluding hydrogens is 320 g/mol. The van der Waals surface area contributed by atoms with Gasteiger partial charge >= 0.3 is 17.1 Å². The van der Waals surface area contributed by atoms with E-state index in [4.69, 9.17) is 13.1 Å². The van der Waals surface area contributed by atoms with Crippen LogP contribution in [0.25, 0.3) is 0 Å². The van der Waals surface area contributed by atoms with Crippen molar-refractivity contribution < 1.29 is 27.2 Å². The number of imidazole rings is 1. The first-order chi connectivity index (χ1) is 10.6. The molecular formula is C10H12N4O7S. The third-order valence-electron chi connectivity index (χ3n) is 3.76. The van der Waals surface area contributed by atoms with Gasteiger partial charge in [-0.2, -0.15) is 4.21 Å². The number of nitrogens with one attached hydrogen (secondary N) is 3. The number of ether oxygens (including phenoxy) is 1. The summed E-state index contributed by atoms with van der Waals surface area (Å²) < 4.78 is 28.4. The average Bonchev–Trinajstić information content (AvgIpc) is 3.11. The molecule has 1 aromatic rings. The van der Waals surface area contributed by atoms with Crippen LogP contribution in [0.5, 0.6) is 0 Å². The molecule has 1 amide bonds. The van der Waals surface area contributed by atoms with Crippen LogP contribution in [0.4, 0.5) is 5.82 Å². The predicted octanol–water partition coefficient (Wildman–Crippen LogP) is -2.46. The Bertz CT molecular complexity index is 715. The molecule has 2 saturated heterocycles. The summed E-state index contributed by atoms with van der Waals surface area (Å²) >= 11 is -1.97. The molecule has 11 nitrogen and oxygen atoms in total. The average molecular weight is 332 g/mol. The van der Waals surface area contributed by atoms with Gasteiger partial charge in [0.1, 0.15) is 23.7 Å². The first kappa shape index (κ1) is 13.9. The molecule has 5 atom stereocenters. The summed E-state index contributed by atoms with van der Waals surface area (Å²) in [5.41, 5.74) is -0.512. The van der Waals surface area contributed by atoms with E-state index in [9.17, 15) is 18.9 Å². The van der Waals surface area contributed by atoms with Gasteiger partial charge < -0.3 is 20.5 Å². The Morgan fingerprint density at radius 1 is 1.27 bits per heavy atom. The summed E-state index contributed by atoms with van der Waals surface area (Å²) in [6.07, 6.45) is -3.34. The number of hydrogen-bond acceptors (Lipinski definition) is 8. The second-order valence-electron chi connectivity index (χ2n) is 4.96. The van der Waals surface area contributed by atoms with Crippen molar-refractivity contribution in [2.75, 3.05) is 18.6 Å². The fourth-order valence-corrected chi connectivity index (χ4v) is 3.66. The predicted molar refractivity (Wildman–Crippen MR) is 69.9 cm³/mol. The number of fused-ring (bicyclic) bond motifs is 2. The van der Waals surface area contributed by atoms with Crippen molar-refractivity contribution in [2.24, 2.45) is 0 Å². The van der Waals surface area contributed by atoms with Crippen molar-refractivity contribution in [3.63, 3.8) is 0 Å². The lowest BCUT2D eigenvalue weighted by Crippen LogP contribution is -2.37. The lowest BCUT2D eigenvalue weighted by atomic mass is 10.1. The lowest BCUT2D eigenvalue weighted by Gasteiger charge is -2.21. The first-order valence-corrected chi connectivity index (χ1v) is 7.49. The normalized spacial score (nSPS) is 36.6. The van der Waals surface area contributed by atoms with Crippen LogP contribution in [-0.4, -0.2) is 56.4 Å². The molecule has 0 aromatic carbocycles. The van der Waals surface area contributed by atoms with Gasteiger partial charge in [-0.3, -0.25) is 18.1 Å². The number of anilines is 1. The highest BCUT2D eigenvalue weighted by Gasteiger charge is 2.54. The van der Waals surface area contributed by atoms with E-state index in [1.165, 1.54) is 4.57 Å². The van der Waals surface area contributed by atoms with Gasteiger partial charge in [-0.05, 0) is 0 Å². The van der Waals surface area contributed by atoms with E-state index in [0.717, 1.165) is 0 Å². The van der Waals surface area contributed by atoms with E-state index in [-0.39, 0.29) is 24.8 Å². The van der Waals surface area contributed by atoms with Crippen LogP contribution < -0.4 is 16.3 Å². The fourth-order valence-electron chi connectivity index (χ4n) is 2.81. The Morgan fingerprint density at radius 2 is 2.05 bits per heavy atom. The molecule has 1 aromatic heterocycles. The van der Waals surface area contributed by atoms with E-state index in [1.807, 2.05) is 0 Å². The van der Waals surface area contributed by atoms with Crippen molar-refractivity contribution >= 4 is 23.1 Å². The molecule has 2 fully saturated rings. The minimum atomic E-state index is -1.97. The van der Waals surface area contributed by atoms with E-state index in [2.05, 4.69) is 15.6 Å². The highest BCUT2D eigenvalue weighted by Crippen LogP contribution is 2.39. The van der Waals surface area contributed by atoms with Crippen LogP contribution in [0.1, 0.15) is 16.7 Å². The van der Waals surface area contributed by atoms with Gasteiger partial charge in [0.15, 0.2) is 12.3 Å². The zero-order valence-corrected chi connectivity index (χ0v) is 11.8. The van der Waals surface area contributed by atoms with Crippen molar-refractivity contribution in [3.8, 4) is 0 Å². The molecule has 4 rings (SSSR count). The Labute approximate surface area is 125 Å². The molecule has 4 N–H and O–H groups in total. The van der Waals surface area contributed by atoms with Gasteiger partial charge in [-0.25, -0.2) is 9.36 Å². The number of carbonyl (C=O) groups excluding carboxylic acids is 1. The van der Waals surface area contributed by atoms with Crippen LogP contribution >= 0.6 is 0 Å². The summed E-state index contributed by atoms with van der Waals surface area (Å²) in [5.74, 6) is -0.178. The van der Waals surface area contributed by atoms with Crippen molar-refractivity contribution in [3.05, 3.63) is 16.2 Å². The van der Waals surface area contributed by atoms with Crippen LogP contribution in [-0.2, 0) is 24.5 Å². The van der Waals surface area contributed by atoms with E-state index < -0.39 is 47.5 Å². The summed E-state index contributed by atoms with van der Waals surface area (Å²) in [6.45, 7) is -0.232. The molecule has 1 unspecified atom stereocenters. The maximum atomic E-state index is 12.2. The number of nitrogens with zero attached hydrogens (tertiary/aromatic N) is 1.